The van der Waals surface area contributed by atoms with Gasteiger partial charge in [-0.25, -0.2) is 4.98 Å². The standard InChI is InChI=1S/C17H25N5OS/c1-4-9-22(10-5-2)17-19-13(11-15(23)20-17)12-18-21-16-8-7-14(6-3)24-16/h7-8,11-12,21H,4-6,9-10H2,1-3H3,(H,19,20,23)/b18-12+. The van der Waals surface area contributed by atoms with Crippen molar-refractivity contribution in [1.29, 1.82) is 0 Å². The fourth-order valence-electron chi connectivity index (χ4n) is 2.33. The Bertz CT molecular complexity index is 716. The number of H-pyrrole nitrogens is 1. The molecule has 0 fully saturated rings. The Hall–Kier alpha value is -2.15. The van der Waals surface area contributed by atoms with E-state index >= 15 is 0 Å². The molecule has 0 saturated carbocycles. The molecule has 2 aromatic rings. The van der Waals surface area contributed by atoms with Crippen molar-refractivity contribution in [3.8, 4) is 0 Å². The molecule has 0 radical (unpaired) electrons. The fourth-order valence-corrected chi connectivity index (χ4v) is 3.13. The summed E-state index contributed by atoms with van der Waals surface area (Å²) in [6.07, 6.45) is 4.60. The molecule has 0 aliphatic carbocycles. The van der Waals surface area contributed by atoms with Gasteiger partial charge < -0.3 is 4.90 Å². The van der Waals surface area contributed by atoms with Crippen LogP contribution in [0, 0.1) is 0 Å². The molecule has 2 rings (SSSR count). The van der Waals surface area contributed by atoms with Crippen LogP contribution >= 0.6 is 11.3 Å². The van der Waals surface area contributed by atoms with Crippen molar-refractivity contribution in [2.75, 3.05) is 23.4 Å². The quantitative estimate of drug-likeness (QED) is 0.538. The van der Waals surface area contributed by atoms with Crippen LogP contribution < -0.4 is 15.9 Å². The van der Waals surface area contributed by atoms with Crippen molar-refractivity contribution in [3.63, 3.8) is 0 Å². The summed E-state index contributed by atoms with van der Waals surface area (Å²) in [6, 6.07) is 5.54. The minimum absolute atomic E-state index is 0.164. The van der Waals surface area contributed by atoms with Crippen LogP contribution in [-0.4, -0.2) is 29.3 Å². The van der Waals surface area contributed by atoms with E-state index in [2.05, 4.69) is 52.2 Å². The summed E-state index contributed by atoms with van der Waals surface area (Å²) in [7, 11) is 0. The van der Waals surface area contributed by atoms with Gasteiger partial charge in [-0.1, -0.05) is 20.8 Å². The molecular weight excluding hydrogens is 322 g/mol. The molecule has 0 amide bonds. The van der Waals surface area contributed by atoms with E-state index in [9.17, 15) is 4.79 Å². The van der Waals surface area contributed by atoms with Gasteiger partial charge in [-0.15, -0.1) is 11.3 Å². The number of anilines is 2. The lowest BCUT2D eigenvalue weighted by molar-refractivity contribution is 0.718. The van der Waals surface area contributed by atoms with Crippen molar-refractivity contribution >= 4 is 28.5 Å². The van der Waals surface area contributed by atoms with E-state index in [0.29, 0.717) is 11.6 Å². The van der Waals surface area contributed by atoms with Crippen LogP contribution in [0.1, 0.15) is 44.2 Å². The number of rotatable bonds is 9. The van der Waals surface area contributed by atoms with Crippen LogP contribution in [0.3, 0.4) is 0 Å². The number of aromatic amines is 1. The Morgan fingerprint density at radius 1 is 1.29 bits per heavy atom. The van der Waals surface area contributed by atoms with Crippen molar-refractivity contribution in [2.45, 2.75) is 40.0 Å². The summed E-state index contributed by atoms with van der Waals surface area (Å²) >= 11 is 1.67. The molecule has 0 aliphatic heterocycles. The molecule has 24 heavy (non-hydrogen) atoms. The highest BCUT2D eigenvalue weighted by Gasteiger charge is 2.08. The number of nitrogens with zero attached hydrogens (tertiary/aromatic N) is 3. The van der Waals surface area contributed by atoms with E-state index in [1.807, 2.05) is 6.07 Å². The number of hydrogen-bond acceptors (Lipinski definition) is 6. The molecule has 2 heterocycles. The summed E-state index contributed by atoms with van der Waals surface area (Å²) in [4.78, 5) is 22.6. The molecule has 0 aromatic carbocycles. The predicted octanol–water partition coefficient (Wildman–Crippen LogP) is 3.47. The highest BCUT2D eigenvalue weighted by Crippen LogP contribution is 2.21. The largest absolute Gasteiger partial charge is 0.342 e. The van der Waals surface area contributed by atoms with Gasteiger partial charge in [0.15, 0.2) is 0 Å². The van der Waals surface area contributed by atoms with Crippen LogP contribution in [0.2, 0.25) is 0 Å². The lowest BCUT2D eigenvalue weighted by atomic mass is 10.3. The number of nitrogens with one attached hydrogen (secondary N) is 2. The van der Waals surface area contributed by atoms with Gasteiger partial charge in [0, 0.05) is 24.0 Å². The highest BCUT2D eigenvalue weighted by molar-refractivity contribution is 7.16. The van der Waals surface area contributed by atoms with Gasteiger partial charge in [-0.3, -0.25) is 15.2 Å². The number of aryl methyl sites for hydroxylation is 1. The maximum atomic E-state index is 11.9. The lowest BCUT2D eigenvalue weighted by Gasteiger charge is -2.21. The Morgan fingerprint density at radius 2 is 2.04 bits per heavy atom. The topological polar surface area (TPSA) is 73.4 Å². The summed E-state index contributed by atoms with van der Waals surface area (Å²) in [5.41, 5.74) is 3.37. The summed E-state index contributed by atoms with van der Waals surface area (Å²) in [5, 5.41) is 5.17. The molecule has 0 aliphatic rings. The molecule has 6 nitrogen and oxygen atoms in total. The third kappa shape index (κ3) is 5.19. The Balaban J connectivity index is 2.11. The summed E-state index contributed by atoms with van der Waals surface area (Å²) in [5.74, 6) is 0.608. The molecule has 130 valence electrons. The summed E-state index contributed by atoms with van der Waals surface area (Å²) < 4.78 is 0. The molecule has 2 aromatic heterocycles. The van der Waals surface area contributed by atoms with Crippen molar-refractivity contribution in [2.24, 2.45) is 5.10 Å². The molecule has 0 spiro atoms. The Morgan fingerprint density at radius 3 is 2.67 bits per heavy atom. The minimum Gasteiger partial charge on any atom is -0.342 e. The molecular formula is C17H25N5OS. The average Bonchev–Trinajstić information content (AvgIpc) is 3.02. The van der Waals surface area contributed by atoms with Gasteiger partial charge in [-0.05, 0) is 31.4 Å². The zero-order valence-corrected chi connectivity index (χ0v) is 15.3. The monoisotopic (exact) mass is 347 g/mol. The van der Waals surface area contributed by atoms with E-state index in [1.165, 1.54) is 10.9 Å². The first-order valence-electron chi connectivity index (χ1n) is 8.40. The Kier molecular flexibility index (Phi) is 6.99. The molecule has 0 bridgehead atoms. The zero-order valence-electron chi connectivity index (χ0n) is 14.5. The first-order chi connectivity index (χ1) is 11.7. The molecule has 0 saturated heterocycles. The van der Waals surface area contributed by atoms with Gasteiger partial charge >= 0.3 is 0 Å². The third-order valence-corrected chi connectivity index (χ3v) is 4.55. The molecule has 7 heteroatoms. The smallest absolute Gasteiger partial charge is 0.252 e. The third-order valence-electron chi connectivity index (χ3n) is 3.42. The van der Waals surface area contributed by atoms with E-state index < -0.39 is 0 Å². The van der Waals surface area contributed by atoms with E-state index in [0.717, 1.165) is 37.4 Å². The molecule has 0 atom stereocenters. The average molecular weight is 347 g/mol. The maximum Gasteiger partial charge on any atom is 0.252 e. The van der Waals surface area contributed by atoms with E-state index in [1.54, 1.807) is 17.6 Å². The van der Waals surface area contributed by atoms with Crippen LogP contribution in [0.5, 0.6) is 0 Å². The highest BCUT2D eigenvalue weighted by atomic mass is 32.1. The van der Waals surface area contributed by atoms with Gasteiger partial charge in [0.25, 0.3) is 5.56 Å². The van der Waals surface area contributed by atoms with Crippen LogP contribution in [0.4, 0.5) is 10.9 Å². The van der Waals surface area contributed by atoms with Crippen molar-refractivity contribution in [3.05, 3.63) is 39.1 Å². The first-order valence-corrected chi connectivity index (χ1v) is 9.22. The Labute approximate surface area is 146 Å². The SMILES string of the molecule is CCCN(CCC)c1nc(/C=N/Nc2ccc(CC)s2)cc(=O)[nH]1. The fraction of sp³-hybridized carbons (Fsp3) is 0.471. The van der Waals surface area contributed by atoms with Crippen molar-refractivity contribution < 1.29 is 0 Å². The van der Waals surface area contributed by atoms with Crippen LogP contribution in [0.25, 0.3) is 0 Å². The number of hydrazone groups is 1. The van der Waals surface area contributed by atoms with Crippen LogP contribution in [0.15, 0.2) is 28.1 Å². The first kappa shape index (κ1) is 18.2. The number of thiophene rings is 1. The second-order valence-corrected chi connectivity index (χ2v) is 6.64. The molecule has 0 unspecified atom stereocenters. The minimum atomic E-state index is -0.164. The number of hydrogen-bond donors (Lipinski definition) is 2. The second-order valence-electron chi connectivity index (χ2n) is 5.47. The van der Waals surface area contributed by atoms with E-state index in [4.69, 9.17) is 0 Å². The second kappa shape index (κ2) is 9.22. The van der Waals surface area contributed by atoms with Gasteiger partial charge in [0.05, 0.1) is 11.9 Å². The van der Waals surface area contributed by atoms with E-state index in [-0.39, 0.29) is 5.56 Å². The normalized spacial score (nSPS) is 11.1. The summed E-state index contributed by atoms with van der Waals surface area (Å²) in [6.45, 7) is 8.08. The molecule has 2 N–H and O–H groups in total. The predicted molar refractivity (Wildman–Crippen MR) is 103 cm³/mol. The zero-order chi connectivity index (χ0) is 17.4. The lowest BCUT2D eigenvalue weighted by Crippen LogP contribution is -2.29. The maximum absolute atomic E-state index is 11.9. The van der Waals surface area contributed by atoms with Gasteiger partial charge in [0.2, 0.25) is 5.95 Å². The number of aromatic nitrogens is 2. The van der Waals surface area contributed by atoms with Gasteiger partial charge in [-0.2, -0.15) is 5.10 Å². The van der Waals surface area contributed by atoms with Crippen LogP contribution in [-0.2, 0) is 6.42 Å². The van der Waals surface area contributed by atoms with Crippen molar-refractivity contribution in [1.82, 2.24) is 9.97 Å². The van der Waals surface area contributed by atoms with Gasteiger partial charge in [0.1, 0.15) is 5.00 Å².